The maximum atomic E-state index is 4.07. The molecule has 0 atom stereocenters. The molecule has 2 aromatic rings. The van der Waals surface area contributed by atoms with E-state index in [1.807, 2.05) is 17.0 Å². The summed E-state index contributed by atoms with van der Waals surface area (Å²) in [7, 11) is 0. The molecule has 0 bridgehead atoms. The lowest BCUT2D eigenvalue weighted by atomic mass is 10.2. The predicted molar refractivity (Wildman–Crippen MR) is 62.7 cm³/mol. The highest BCUT2D eigenvalue weighted by atomic mass is 15.3. The molecule has 2 heterocycles. The Morgan fingerprint density at radius 1 is 1.25 bits per heavy atom. The van der Waals surface area contributed by atoms with E-state index in [1.54, 1.807) is 6.33 Å². The summed E-state index contributed by atoms with van der Waals surface area (Å²) >= 11 is 0. The molecule has 4 nitrogen and oxygen atoms in total. The van der Waals surface area contributed by atoms with Crippen molar-refractivity contribution in [2.45, 2.75) is 13.5 Å². The Hall–Kier alpha value is -2.10. The van der Waals surface area contributed by atoms with Gasteiger partial charge in [-0.05, 0) is 24.6 Å². The number of fused-ring (bicyclic) bond motifs is 1. The van der Waals surface area contributed by atoms with Gasteiger partial charge >= 0.3 is 0 Å². The van der Waals surface area contributed by atoms with Gasteiger partial charge in [0.05, 0.1) is 6.54 Å². The summed E-state index contributed by atoms with van der Waals surface area (Å²) in [5.41, 5.74) is 2.45. The molecule has 1 aromatic heterocycles. The molecule has 0 saturated carbocycles. The second-order valence-electron chi connectivity index (χ2n) is 3.92. The van der Waals surface area contributed by atoms with E-state index in [0.717, 1.165) is 12.4 Å². The van der Waals surface area contributed by atoms with Gasteiger partial charge in [-0.25, -0.2) is 0 Å². The van der Waals surface area contributed by atoms with Gasteiger partial charge in [-0.3, -0.25) is 4.57 Å². The average molecular weight is 212 g/mol. The number of rotatable bonds is 1. The van der Waals surface area contributed by atoms with E-state index in [0.29, 0.717) is 0 Å². The third-order valence-corrected chi connectivity index (χ3v) is 2.70. The first-order valence-electron chi connectivity index (χ1n) is 5.23. The van der Waals surface area contributed by atoms with Crippen molar-refractivity contribution < 1.29 is 0 Å². The lowest BCUT2D eigenvalue weighted by Crippen LogP contribution is -2.21. The summed E-state index contributed by atoms with van der Waals surface area (Å²) < 4.78 is 1.94. The fraction of sp³-hybridized carbons (Fsp3) is 0.167. The molecule has 3 rings (SSSR count). The third kappa shape index (κ3) is 1.48. The van der Waals surface area contributed by atoms with Crippen LogP contribution < -0.4 is 4.90 Å². The van der Waals surface area contributed by atoms with E-state index in [1.165, 1.54) is 11.3 Å². The monoisotopic (exact) mass is 212 g/mol. The third-order valence-electron chi connectivity index (χ3n) is 2.70. The van der Waals surface area contributed by atoms with Crippen LogP contribution in [-0.4, -0.2) is 14.8 Å². The van der Waals surface area contributed by atoms with Gasteiger partial charge in [0.25, 0.3) is 0 Å². The van der Waals surface area contributed by atoms with E-state index in [-0.39, 0.29) is 0 Å². The standard InChI is InChI=1S/C12H12N4/c1-10-3-2-4-11(7-10)15-5-6-16-9-13-14-12(16)8-15/h2-7,9H,8H2,1H3. The summed E-state index contributed by atoms with van der Waals surface area (Å²) in [5.74, 6) is 0.962. The van der Waals surface area contributed by atoms with Crippen LogP contribution in [0.2, 0.25) is 0 Å². The minimum absolute atomic E-state index is 0.764. The van der Waals surface area contributed by atoms with Crippen molar-refractivity contribution in [1.29, 1.82) is 0 Å². The van der Waals surface area contributed by atoms with Gasteiger partial charge in [-0.2, -0.15) is 0 Å². The van der Waals surface area contributed by atoms with Crippen LogP contribution in [-0.2, 0) is 6.54 Å². The van der Waals surface area contributed by atoms with Gasteiger partial charge in [0, 0.05) is 18.1 Å². The van der Waals surface area contributed by atoms with Crippen LogP contribution in [0, 0.1) is 6.92 Å². The summed E-state index contributed by atoms with van der Waals surface area (Å²) in [6.45, 7) is 2.86. The fourth-order valence-electron chi connectivity index (χ4n) is 1.85. The molecule has 1 aliphatic heterocycles. The highest BCUT2D eigenvalue weighted by Crippen LogP contribution is 2.21. The van der Waals surface area contributed by atoms with E-state index in [2.05, 4.69) is 46.3 Å². The highest BCUT2D eigenvalue weighted by molar-refractivity contribution is 5.54. The van der Waals surface area contributed by atoms with Crippen LogP contribution in [0.3, 0.4) is 0 Å². The molecular formula is C12H12N4. The van der Waals surface area contributed by atoms with Crippen LogP contribution >= 0.6 is 0 Å². The SMILES string of the molecule is Cc1cccc(N2C=Cn3cnnc3C2)c1. The van der Waals surface area contributed by atoms with Crippen molar-refractivity contribution in [1.82, 2.24) is 14.8 Å². The highest BCUT2D eigenvalue weighted by Gasteiger charge is 2.13. The first-order chi connectivity index (χ1) is 7.83. The minimum Gasteiger partial charge on any atom is -0.339 e. The Morgan fingerprint density at radius 3 is 3.06 bits per heavy atom. The van der Waals surface area contributed by atoms with Crippen LogP contribution in [0.15, 0.2) is 36.8 Å². The van der Waals surface area contributed by atoms with Crippen molar-refractivity contribution in [2.24, 2.45) is 0 Å². The molecule has 80 valence electrons. The quantitative estimate of drug-likeness (QED) is 0.725. The second-order valence-corrected chi connectivity index (χ2v) is 3.92. The van der Waals surface area contributed by atoms with Crippen LogP contribution in [0.25, 0.3) is 6.20 Å². The number of aromatic nitrogens is 3. The van der Waals surface area contributed by atoms with Gasteiger partial charge < -0.3 is 4.90 Å². The minimum atomic E-state index is 0.764. The Balaban J connectivity index is 1.94. The summed E-state index contributed by atoms with van der Waals surface area (Å²) in [4.78, 5) is 2.16. The fourth-order valence-corrected chi connectivity index (χ4v) is 1.85. The summed E-state index contributed by atoms with van der Waals surface area (Å²) in [6.07, 6.45) is 5.74. The number of nitrogens with zero attached hydrogens (tertiary/aromatic N) is 4. The van der Waals surface area contributed by atoms with Crippen LogP contribution in [0.1, 0.15) is 11.4 Å². The first kappa shape index (κ1) is 9.15. The molecule has 4 heteroatoms. The van der Waals surface area contributed by atoms with Crippen molar-refractivity contribution in [3.05, 3.63) is 48.2 Å². The van der Waals surface area contributed by atoms with Crippen molar-refractivity contribution in [2.75, 3.05) is 4.90 Å². The smallest absolute Gasteiger partial charge is 0.156 e. The normalized spacial score (nSPS) is 13.9. The van der Waals surface area contributed by atoms with Crippen molar-refractivity contribution in [3.8, 4) is 0 Å². The van der Waals surface area contributed by atoms with E-state index >= 15 is 0 Å². The lowest BCUT2D eigenvalue weighted by molar-refractivity contribution is 0.818. The van der Waals surface area contributed by atoms with Crippen LogP contribution in [0.5, 0.6) is 0 Å². The van der Waals surface area contributed by atoms with Crippen molar-refractivity contribution in [3.63, 3.8) is 0 Å². The van der Waals surface area contributed by atoms with Crippen LogP contribution in [0.4, 0.5) is 5.69 Å². The molecule has 1 aliphatic rings. The Bertz CT molecular complexity index is 541. The number of hydrogen-bond acceptors (Lipinski definition) is 3. The zero-order valence-electron chi connectivity index (χ0n) is 9.04. The molecule has 0 spiro atoms. The Labute approximate surface area is 93.8 Å². The van der Waals surface area contributed by atoms with E-state index < -0.39 is 0 Å². The Morgan fingerprint density at radius 2 is 2.19 bits per heavy atom. The second kappa shape index (κ2) is 3.48. The molecule has 0 N–H and O–H groups in total. The summed E-state index contributed by atoms with van der Waals surface area (Å²) in [6, 6.07) is 8.43. The maximum Gasteiger partial charge on any atom is 0.156 e. The predicted octanol–water partition coefficient (Wildman–Crippen LogP) is 2.03. The molecule has 0 unspecified atom stereocenters. The van der Waals surface area contributed by atoms with Gasteiger partial charge in [0.1, 0.15) is 6.33 Å². The lowest BCUT2D eigenvalue weighted by Gasteiger charge is -2.23. The van der Waals surface area contributed by atoms with Gasteiger partial charge in [-0.15, -0.1) is 10.2 Å². The number of anilines is 1. The number of benzene rings is 1. The van der Waals surface area contributed by atoms with Gasteiger partial charge in [0.15, 0.2) is 5.82 Å². The van der Waals surface area contributed by atoms with E-state index in [9.17, 15) is 0 Å². The first-order valence-corrected chi connectivity index (χ1v) is 5.23. The number of hydrogen-bond donors (Lipinski definition) is 0. The molecule has 0 saturated heterocycles. The zero-order valence-corrected chi connectivity index (χ0v) is 9.04. The molecule has 0 fully saturated rings. The molecular weight excluding hydrogens is 200 g/mol. The van der Waals surface area contributed by atoms with Gasteiger partial charge in [-0.1, -0.05) is 12.1 Å². The van der Waals surface area contributed by atoms with Crippen molar-refractivity contribution >= 4 is 11.9 Å². The molecule has 1 aromatic carbocycles. The topological polar surface area (TPSA) is 34.0 Å². The maximum absolute atomic E-state index is 4.07. The van der Waals surface area contributed by atoms with Gasteiger partial charge in [0.2, 0.25) is 0 Å². The molecule has 0 aliphatic carbocycles. The zero-order chi connectivity index (χ0) is 11.0. The number of aryl methyl sites for hydroxylation is 1. The Kier molecular flexibility index (Phi) is 1.99. The molecule has 0 amide bonds. The average Bonchev–Trinajstić information content (AvgIpc) is 2.75. The molecule has 16 heavy (non-hydrogen) atoms. The molecule has 0 radical (unpaired) electrons. The largest absolute Gasteiger partial charge is 0.339 e. The summed E-state index contributed by atoms with van der Waals surface area (Å²) in [5, 5.41) is 7.96. The van der Waals surface area contributed by atoms with E-state index in [4.69, 9.17) is 0 Å².